The lowest BCUT2D eigenvalue weighted by molar-refractivity contribution is 0.286. The van der Waals surface area contributed by atoms with E-state index in [4.69, 9.17) is 20.9 Å². The highest BCUT2D eigenvalue weighted by Gasteiger charge is 2.13. The van der Waals surface area contributed by atoms with Gasteiger partial charge in [0.2, 0.25) is 0 Å². The first-order valence-electron chi connectivity index (χ1n) is 8.69. The molecular formula is C22H24N2O2. The van der Waals surface area contributed by atoms with E-state index in [1.165, 1.54) is 0 Å². The largest absolute Gasteiger partial charge is 0.489 e. The Kier molecular flexibility index (Phi) is 6.25. The van der Waals surface area contributed by atoms with E-state index in [0.717, 1.165) is 22.4 Å². The molecule has 0 aliphatic carbocycles. The second-order valence-electron chi connectivity index (χ2n) is 6.09. The lowest BCUT2D eigenvalue weighted by Gasteiger charge is -2.17. The highest BCUT2D eigenvalue weighted by Crippen LogP contribution is 2.29. The third-order valence-electron chi connectivity index (χ3n) is 4.12. The van der Waals surface area contributed by atoms with Gasteiger partial charge in [0.15, 0.2) is 0 Å². The maximum atomic E-state index is 6.13. The quantitative estimate of drug-likeness (QED) is 0.649. The number of ether oxygens (including phenoxy) is 2. The average molecular weight is 348 g/mol. The molecule has 4 nitrogen and oxygen atoms in total. The van der Waals surface area contributed by atoms with Gasteiger partial charge in [0.05, 0.1) is 0 Å². The van der Waals surface area contributed by atoms with Crippen LogP contribution in [0.3, 0.4) is 0 Å². The van der Waals surface area contributed by atoms with E-state index in [9.17, 15) is 0 Å². The Morgan fingerprint density at radius 2 is 1.31 bits per heavy atom. The highest BCUT2D eigenvalue weighted by atomic mass is 16.5. The van der Waals surface area contributed by atoms with E-state index in [0.29, 0.717) is 25.5 Å². The Balaban J connectivity index is 1.74. The molecule has 0 bridgehead atoms. The molecule has 0 heterocycles. The van der Waals surface area contributed by atoms with Crippen molar-refractivity contribution in [2.75, 3.05) is 6.54 Å². The van der Waals surface area contributed by atoms with Crippen molar-refractivity contribution in [3.63, 3.8) is 0 Å². The van der Waals surface area contributed by atoms with Crippen LogP contribution in [0, 0.1) is 0 Å². The van der Waals surface area contributed by atoms with Crippen LogP contribution in [-0.4, -0.2) is 6.54 Å². The number of benzene rings is 3. The number of hydrogen-bond donors (Lipinski definition) is 2. The predicted molar refractivity (Wildman–Crippen MR) is 104 cm³/mol. The van der Waals surface area contributed by atoms with Crippen LogP contribution < -0.4 is 20.9 Å². The Bertz CT molecular complexity index is 807. The maximum Gasteiger partial charge on any atom is 0.128 e. The lowest BCUT2D eigenvalue weighted by Crippen LogP contribution is -2.21. The minimum atomic E-state index is -0.274. The summed E-state index contributed by atoms with van der Waals surface area (Å²) in [5.41, 5.74) is 15.0. The zero-order valence-electron chi connectivity index (χ0n) is 14.7. The highest BCUT2D eigenvalue weighted by molar-refractivity contribution is 5.43. The molecule has 1 unspecified atom stereocenters. The molecule has 0 saturated carbocycles. The van der Waals surface area contributed by atoms with E-state index in [1.54, 1.807) is 0 Å². The summed E-state index contributed by atoms with van der Waals surface area (Å²) in [7, 11) is 0. The molecule has 1 atom stereocenters. The zero-order chi connectivity index (χ0) is 18.2. The number of hydrogen-bond acceptors (Lipinski definition) is 4. The summed E-state index contributed by atoms with van der Waals surface area (Å²) in [6.07, 6.45) is 0. The summed E-state index contributed by atoms with van der Waals surface area (Å²) >= 11 is 0. The molecule has 3 aromatic rings. The molecule has 0 saturated heterocycles. The van der Waals surface area contributed by atoms with Gasteiger partial charge >= 0.3 is 0 Å². The van der Waals surface area contributed by atoms with Gasteiger partial charge in [-0.2, -0.15) is 0 Å². The molecule has 3 rings (SSSR count). The van der Waals surface area contributed by atoms with Gasteiger partial charge in [-0.3, -0.25) is 0 Å². The summed E-state index contributed by atoms with van der Waals surface area (Å²) in [4.78, 5) is 0. The van der Waals surface area contributed by atoms with E-state index in [2.05, 4.69) is 0 Å². The maximum absolute atomic E-state index is 6.13. The fraction of sp³-hybridized carbons (Fsp3) is 0.182. The van der Waals surface area contributed by atoms with Crippen LogP contribution in [0.25, 0.3) is 0 Å². The second-order valence-corrected chi connectivity index (χ2v) is 6.09. The SMILES string of the molecule is NCC(N)c1ccc(OCc2ccccc2)cc1OCc1ccccc1. The van der Waals surface area contributed by atoms with Gasteiger partial charge in [-0.15, -0.1) is 0 Å². The molecule has 3 aromatic carbocycles. The number of rotatable bonds is 8. The van der Waals surface area contributed by atoms with Gasteiger partial charge in [0, 0.05) is 24.2 Å². The Labute approximate surface area is 154 Å². The van der Waals surface area contributed by atoms with Gasteiger partial charge in [-0.1, -0.05) is 66.7 Å². The molecule has 0 aliphatic heterocycles. The van der Waals surface area contributed by atoms with Gasteiger partial charge in [-0.05, 0) is 17.2 Å². The third-order valence-corrected chi connectivity index (χ3v) is 4.12. The van der Waals surface area contributed by atoms with E-state index >= 15 is 0 Å². The summed E-state index contributed by atoms with van der Waals surface area (Å²) in [5, 5.41) is 0. The average Bonchev–Trinajstić information content (AvgIpc) is 2.71. The van der Waals surface area contributed by atoms with Crippen LogP contribution >= 0.6 is 0 Å². The van der Waals surface area contributed by atoms with Gasteiger partial charge in [-0.25, -0.2) is 0 Å². The summed E-state index contributed by atoms with van der Waals surface area (Å²) in [6.45, 7) is 1.32. The normalized spacial score (nSPS) is 11.8. The van der Waals surface area contributed by atoms with Crippen LogP contribution in [0.5, 0.6) is 11.5 Å². The van der Waals surface area contributed by atoms with Crippen molar-refractivity contribution in [2.45, 2.75) is 19.3 Å². The van der Waals surface area contributed by atoms with Crippen molar-refractivity contribution in [3.8, 4) is 11.5 Å². The standard InChI is InChI=1S/C22H24N2O2/c23-14-21(24)20-12-11-19(25-15-17-7-3-1-4-8-17)13-22(20)26-16-18-9-5-2-6-10-18/h1-13,21H,14-16,23-24H2. The predicted octanol–water partition coefficient (Wildman–Crippen LogP) is 3.80. The molecule has 134 valence electrons. The first kappa shape index (κ1) is 18.0. The topological polar surface area (TPSA) is 70.5 Å². The lowest BCUT2D eigenvalue weighted by atomic mass is 10.1. The zero-order valence-corrected chi connectivity index (χ0v) is 14.7. The van der Waals surface area contributed by atoms with Crippen LogP contribution in [0.2, 0.25) is 0 Å². The molecule has 4 N–H and O–H groups in total. The molecule has 0 spiro atoms. The molecule has 0 amide bonds. The first-order valence-corrected chi connectivity index (χ1v) is 8.69. The third kappa shape index (κ3) is 4.85. The monoisotopic (exact) mass is 348 g/mol. The molecule has 0 aliphatic rings. The van der Waals surface area contributed by atoms with Gasteiger partial charge in [0.25, 0.3) is 0 Å². The van der Waals surface area contributed by atoms with Crippen LogP contribution in [0.15, 0.2) is 78.9 Å². The molecule has 0 radical (unpaired) electrons. The fourth-order valence-electron chi connectivity index (χ4n) is 2.64. The van der Waals surface area contributed by atoms with E-state index < -0.39 is 0 Å². The van der Waals surface area contributed by atoms with Crippen molar-refractivity contribution in [1.29, 1.82) is 0 Å². The van der Waals surface area contributed by atoms with Gasteiger partial charge < -0.3 is 20.9 Å². The van der Waals surface area contributed by atoms with E-state index in [-0.39, 0.29) is 6.04 Å². The molecular weight excluding hydrogens is 324 g/mol. The van der Waals surface area contributed by atoms with Crippen LogP contribution in [0.1, 0.15) is 22.7 Å². The second kappa shape index (κ2) is 9.04. The summed E-state index contributed by atoms with van der Waals surface area (Å²) in [5.74, 6) is 1.45. The van der Waals surface area contributed by atoms with Crippen molar-refractivity contribution in [1.82, 2.24) is 0 Å². The van der Waals surface area contributed by atoms with Crippen molar-refractivity contribution in [2.24, 2.45) is 11.5 Å². The summed E-state index contributed by atoms with van der Waals surface area (Å²) < 4.78 is 11.9. The van der Waals surface area contributed by atoms with Crippen molar-refractivity contribution >= 4 is 0 Å². The Morgan fingerprint density at radius 3 is 1.88 bits per heavy atom. The van der Waals surface area contributed by atoms with Crippen molar-refractivity contribution in [3.05, 3.63) is 95.6 Å². The van der Waals surface area contributed by atoms with Crippen LogP contribution in [-0.2, 0) is 13.2 Å². The smallest absolute Gasteiger partial charge is 0.128 e. The minimum Gasteiger partial charge on any atom is -0.489 e. The van der Waals surface area contributed by atoms with Crippen LogP contribution in [0.4, 0.5) is 0 Å². The molecule has 26 heavy (non-hydrogen) atoms. The van der Waals surface area contributed by atoms with Crippen molar-refractivity contribution < 1.29 is 9.47 Å². The molecule has 4 heteroatoms. The fourth-order valence-corrected chi connectivity index (χ4v) is 2.64. The van der Waals surface area contributed by atoms with E-state index in [1.807, 2.05) is 78.9 Å². The number of nitrogens with two attached hydrogens (primary N) is 2. The Morgan fingerprint density at radius 1 is 0.731 bits per heavy atom. The molecule has 0 fully saturated rings. The molecule has 0 aromatic heterocycles. The van der Waals surface area contributed by atoms with Gasteiger partial charge in [0.1, 0.15) is 24.7 Å². The Hall–Kier alpha value is -2.82. The minimum absolute atomic E-state index is 0.274. The summed E-state index contributed by atoms with van der Waals surface area (Å²) in [6, 6.07) is 25.5. The first-order chi connectivity index (χ1) is 12.8.